The van der Waals surface area contributed by atoms with Crippen LogP contribution in [-0.4, -0.2) is 36.9 Å². The van der Waals surface area contributed by atoms with Crippen molar-refractivity contribution in [2.75, 3.05) is 18.4 Å². The number of amides is 1. The van der Waals surface area contributed by atoms with Crippen LogP contribution in [0, 0.1) is 6.92 Å². The van der Waals surface area contributed by atoms with Gasteiger partial charge < -0.3 is 9.84 Å². The number of rotatable bonds is 7. The number of hydrogen-bond acceptors (Lipinski definition) is 5. The zero-order valence-corrected chi connectivity index (χ0v) is 16.6. The van der Waals surface area contributed by atoms with E-state index >= 15 is 0 Å². The molecule has 1 aromatic heterocycles. The van der Waals surface area contributed by atoms with E-state index in [1.165, 1.54) is 16.4 Å². The summed E-state index contributed by atoms with van der Waals surface area (Å²) in [7, 11) is -3.52. The highest BCUT2D eigenvalue weighted by atomic mass is 32.2. The molecule has 8 heteroatoms. The van der Waals surface area contributed by atoms with Crippen LogP contribution < -0.4 is 5.32 Å². The van der Waals surface area contributed by atoms with Crippen LogP contribution in [0.5, 0.6) is 0 Å². The van der Waals surface area contributed by atoms with Crippen molar-refractivity contribution in [3.05, 3.63) is 41.3 Å². The van der Waals surface area contributed by atoms with Crippen LogP contribution in [0.4, 0.5) is 5.69 Å². The van der Waals surface area contributed by atoms with Crippen molar-refractivity contribution in [1.82, 2.24) is 9.46 Å². The molecule has 26 heavy (non-hydrogen) atoms. The third-order valence-electron chi connectivity index (χ3n) is 4.10. The molecule has 0 spiro atoms. The van der Waals surface area contributed by atoms with Gasteiger partial charge in [0.25, 0.3) is 5.91 Å². The monoisotopic (exact) mass is 379 g/mol. The Morgan fingerprint density at radius 3 is 2.27 bits per heavy atom. The number of carbonyl (C=O) groups excluding carboxylic acids is 1. The molecular weight excluding hydrogens is 354 g/mol. The minimum absolute atomic E-state index is 0.0264. The minimum atomic E-state index is -3.52. The lowest BCUT2D eigenvalue weighted by molar-refractivity contribution is 0.102. The van der Waals surface area contributed by atoms with Gasteiger partial charge in [-0.25, -0.2) is 8.42 Å². The molecule has 1 N–H and O–H groups in total. The Morgan fingerprint density at radius 2 is 1.77 bits per heavy atom. The quantitative estimate of drug-likeness (QED) is 0.796. The van der Waals surface area contributed by atoms with Gasteiger partial charge >= 0.3 is 0 Å². The normalized spacial score (nSPS) is 12.0. The van der Waals surface area contributed by atoms with E-state index in [0.717, 1.165) is 0 Å². The first-order valence-electron chi connectivity index (χ1n) is 8.60. The predicted molar refractivity (Wildman–Crippen MR) is 99.8 cm³/mol. The number of hydrogen-bond donors (Lipinski definition) is 1. The Morgan fingerprint density at radius 1 is 1.19 bits per heavy atom. The maximum absolute atomic E-state index is 12.6. The molecule has 1 aromatic carbocycles. The van der Waals surface area contributed by atoms with Crippen molar-refractivity contribution in [2.45, 2.75) is 45.4 Å². The molecule has 0 unspecified atom stereocenters. The van der Waals surface area contributed by atoms with Crippen LogP contribution >= 0.6 is 0 Å². The lowest BCUT2D eigenvalue weighted by Gasteiger charge is -2.18. The molecule has 0 atom stereocenters. The smallest absolute Gasteiger partial charge is 0.261 e. The van der Waals surface area contributed by atoms with Crippen molar-refractivity contribution in [1.29, 1.82) is 0 Å². The average Bonchev–Trinajstić information content (AvgIpc) is 2.98. The van der Waals surface area contributed by atoms with Crippen molar-refractivity contribution in [3.63, 3.8) is 0 Å². The summed E-state index contributed by atoms with van der Waals surface area (Å²) in [5.41, 5.74) is 1.44. The Labute approximate surface area is 154 Å². The first-order valence-corrected chi connectivity index (χ1v) is 10.0. The molecule has 0 saturated heterocycles. The molecule has 7 nitrogen and oxygen atoms in total. The van der Waals surface area contributed by atoms with Crippen LogP contribution in [0.15, 0.2) is 33.7 Å². The Hall–Kier alpha value is -2.19. The Balaban J connectivity index is 2.23. The van der Waals surface area contributed by atoms with Crippen molar-refractivity contribution in [3.8, 4) is 0 Å². The zero-order chi connectivity index (χ0) is 19.5. The fourth-order valence-corrected chi connectivity index (χ4v) is 4.13. The highest BCUT2D eigenvalue weighted by Crippen LogP contribution is 2.24. The van der Waals surface area contributed by atoms with Gasteiger partial charge in [-0.2, -0.15) is 4.31 Å². The highest BCUT2D eigenvalue weighted by molar-refractivity contribution is 7.89. The number of nitrogens with one attached hydrogen (secondary N) is 1. The number of aromatic nitrogens is 1. The van der Waals surface area contributed by atoms with Crippen LogP contribution in [0.25, 0.3) is 0 Å². The molecule has 142 valence electrons. The summed E-state index contributed by atoms with van der Waals surface area (Å²) in [5.74, 6) is 0.228. The van der Waals surface area contributed by atoms with E-state index in [1.807, 2.05) is 13.8 Å². The second-order valence-corrected chi connectivity index (χ2v) is 8.17. The standard InChI is InChI=1S/C18H25N3O4S/c1-6-21(7-2)26(23,24)15-10-8-14(9-11-15)19-18(22)16-13(5)20-25-17(16)12(3)4/h8-12H,6-7H2,1-5H3,(H,19,22). The molecule has 1 heterocycles. The van der Waals surface area contributed by atoms with Crippen molar-refractivity contribution >= 4 is 21.6 Å². The number of nitrogens with zero attached hydrogens (tertiary/aromatic N) is 2. The van der Waals surface area contributed by atoms with E-state index in [1.54, 1.807) is 32.9 Å². The van der Waals surface area contributed by atoms with Crippen LogP contribution in [0.2, 0.25) is 0 Å². The Bertz CT molecular complexity index is 866. The molecule has 2 aromatic rings. The summed E-state index contributed by atoms with van der Waals surface area (Å²) < 4.78 is 31.6. The van der Waals surface area contributed by atoms with E-state index in [4.69, 9.17) is 4.52 Å². The third kappa shape index (κ3) is 3.96. The first kappa shape index (κ1) is 20.1. The summed E-state index contributed by atoms with van der Waals surface area (Å²) in [4.78, 5) is 12.8. The van der Waals surface area contributed by atoms with Crippen LogP contribution in [0.1, 0.15) is 55.4 Å². The van der Waals surface area contributed by atoms with Gasteiger partial charge in [0, 0.05) is 24.7 Å². The summed E-state index contributed by atoms with van der Waals surface area (Å²) in [5, 5.41) is 6.63. The topological polar surface area (TPSA) is 92.5 Å². The molecule has 1 amide bonds. The van der Waals surface area contributed by atoms with Crippen LogP contribution in [-0.2, 0) is 10.0 Å². The SMILES string of the molecule is CCN(CC)S(=O)(=O)c1ccc(NC(=O)c2c(C)noc2C(C)C)cc1. The molecular formula is C18H25N3O4S. The van der Waals surface area contributed by atoms with E-state index in [9.17, 15) is 13.2 Å². The lowest BCUT2D eigenvalue weighted by atomic mass is 10.0. The van der Waals surface area contributed by atoms with Gasteiger partial charge in [-0.1, -0.05) is 32.9 Å². The van der Waals surface area contributed by atoms with Gasteiger partial charge in [-0.05, 0) is 31.2 Å². The molecule has 0 aliphatic rings. The molecule has 2 rings (SSSR count). The predicted octanol–water partition coefficient (Wildman–Crippen LogP) is 3.39. The minimum Gasteiger partial charge on any atom is -0.360 e. The largest absolute Gasteiger partial charge is 0.360 e. The molecule has 0 saturated carbocycles. The average molecular weight is 379 g/mol. The van der Waals surface area contributed by atoms with Gasteiger partial charge in [-0.15, -0.1) is 0 Å². The maximum Gasteiger partial charge on any atom is 0.261 e. The number of anilines is 1. The van der Waals surface area contributed by atoms with E-state index < -0.39 is 10.0 Å². The maximum atomic E-state index is 12.6. The van der Waals surface area contributed by atoms with Crippen molar-refractivity contribution in [2.24, 2.45) is 0 Å². The highest BCUT2D eigenvalue weighted by Gasteiger charge is 2.24. The van der Waals surface area contributed by atoms with Crippen molar-refractivity contribution < 1.29 is 17.7 Å². The third-order valence-corrected chi connectivity index (χ3v) is 6.16. The summed E-state index contributed by atoms with van der Waals surface area (Å²) >= 11 is 0. The number of aryl methyl sites for hydroxylation is 1. The van der Waals surface area contributed by atoms with E-state index in [0.29, 0.717) is 35.8 Å². The Kier molecular flexibility index (Phi) is 6.20. The summed E-state index contributed by atoms with van der Waals surface area (Å²) in [6.07, 6.45) is 0. The first-order chi connectivity index (χ1) is 12.2. The van der Waals surface area contributed by atoms with Gasteiger partial charge in [0.2, 0.25) is 10.0 Å². The van der Waals surface area contributed by atoms with E-state index in [-0.39, 0.29) is 16.7 Å². The van der Waals surface area contributed by atoms with Gasteiger partial charge in [0.1, 0.15) is 5.56 Å². The van der Waals surface area contributed by atoms with E-state index in [2.05, 4.69) is 10.5 Å². The summed E-state index contributed by atoms with van der Waals surface area (Å²) in [6, 6.07) is 6.14. The van der Waals surface area contributed by atoms with Crippen LogP contribution in [0.3, 0.4) is 0 Å². The number of carbonyl (C=O) groups is 1. The van der Waals surface area contributed by atoms with Gasteiger partial charge in [0.05, 0.1) is 10.6 Å². The molecule has 0 fully saturated rings. The second kappa shape index (κ2) is 8.01. The molecule has 0 radical (unpaired) electrons. The number of sulfonamides is 1. The number of benzene rings is 1. The second-order valence-electron chi connectivity index (χ2n) is 6.23. The zero-order valence-electron chi connectivity index (χ0n) is 15.7. The van der Waals surface area contributed by atoms with Gasteiger partial charge in [0.15, 0.2) is 5.76 Å². The fourth-order valence-electron chi connectivity index (χ4n) is 2.67. The molecule has 0 aliphatic heterocycles. The molecule has 0 bridgehead atoms. The van der Waals surface area contributed by atoms with Gasteiger partial charge in [-0.3, -0.25) is 4.79 Å². The lowest BCUT2D eigenvalue weighted by Crippen LogP contribution is -2.30. The fraction of sp³-hybridized carbons (Fsp3) is 0.444. The molecule has 0 aliphatic carbocycles. The summed E-state index contributed by atoms with van der Waals surface area (Å²) in [6.45, 7) is 9.95.